The Bertz CT molecular complexity index is 579. The van der Waals surface area contributed by atoms with Crippen molar-refractivity contribution in [2.75, 3.05) is 6.54 Å². The van der Waals surface area contributed by atoms with Crippen LogP contribution < -0.4 is 5.32 Å². The SMILES string of the molecule is CC(C(=O)NCC1CCC1c1ccccc1)c1ccsc1. The maximum absolute atomic E-state index is 12.2. The van der Waals surface area contributed by atoms with Gasteiger partial charge in [-0.05, 0) is 59.6 Å². The van der Waals surface area contributed by atoms with Gasteiger partial charge >= 0.3 is 0 Å². The van der Waals surface area contributed by atoms with Crippen LogP contribution in [0.2, 0.25) is 0 Å². The molecule has 1 fully saturated rings. The number of nitrogens with one attached hydrogen (secondary N) is 1. The second-order valence-electron chi connectivity index (χ2n) is 5.88. The van der Waals surface area contributed by atoms with Gasteiger partial charge in [-0.2, -0.15) is 11.3 Å². The summed E-state index contributed by atoms with van der Waals surface area (Å²) in [5.41, 5.74) is 2.53. The van der Waals surface area contributed by atoms with Crippen LogP contribution in [0.5, 0.6) is 0 Å². The lowest BCUT2D eigenvalue weighted by atomic mass is 9.70. The highest BCUT2D eigenvalue weighted by molar-refractivity contribution is 7.08. The molecule has 2 nitrogen and oxygen atoms in total. The van der Waals surface area contributed by atoms with Gasteiger partial charge in [0.1, 0.15) is 0 Å². The first-order valence-corrected chi connectivity index (χ1v) is 8.54. The Hall–Kier alpha value is -1.61. The largest absolute Gasteiger partial charge is 0.355 e. The van der Waals surface area contributed by atoms with Gasteiger partial charge in [-0.25, -0.2) is 0 Å². The Morgan fingerprint density at radius 2 is 2.10 bits per heavy atom. The summed E-state index contributed by atoms with van der Waals surface area (Å²) in [4.78, 5) is 12.2. The fourth-order valence-electron chi connectivity index (χ4n) is 3.01. The number of amides is 1. The molecule has 3 atom stereocenters. The zero-order chi connectivity index (χ0) is 14.7. The maximum Gasteiger partial charge on any atom is 0.227 e. The number of benzene rings is 1. The monoisotopic (exact) mass is 299 g/mol. The minimum Gasteiger partial charge on any atom is -0.355 e. The van der Waals surface area contributed by atoms with Crippen LogP contribution in [0.3, 0.4) is 0 Å². The number of hydrogen-bond donors (Lipinski definition) is 1. The van der Waals surface area contributed by atoms with Gasteiger partial charge in [-0.15, -0.1) is 0 Å². The van der Waals surface area contributed by atoms with E-state index in [1.807, 2.05) is 18.4 Å². The van der Waals surface area contributed by atoms with E-state index >= 15 is 0 Å². The van der Waals surface area contributed by atoms with E-state index in [-0.39, 0.29) is 11.8 Å². The summed E-state index contributed by atoms with van der Waals surface area (Å²) in [6, 6.07) is 12.7. The molecule has 1 saturated carbocycles. The standard InChI is InChI=1S/C18H21NOS/c1-13(16-9-10-21-12-16)18(20)19-11-15-7-8-17(15)14-5-3-2-4-6-14/h2-6,9-10,12-13,15,17H,7-8,11H2,1H3,(H,19,20). The summed E-state index contributed by atoms with van der Waals surface area (Å²) in [5, 5.41) is 7.22. The van der Waals surface area contributed by atoms with Crippen molar-refractivity contribution >= 4 is 17.2 Å². The van der Waals surface area contributed by atoms with Gasteiger partial charge in [0, 0.05) is 6.54 Å². The van der Waals surface area contributed by atoms with E-state index in [1.54, 1.807) is 11.3 Å². The number of thiophene rings is 1. The minimum absolute atomic E-state index is 0.0495. The Balaban J connectivity index is 1.52. The molecule has 3 heteroatoms. The third-order valence-corrected chi connectivity index (χ3v) is 5.32. The van der Waals surface area contributed by atoms with Gasteiger partial charge in [0.05, 0.1) is 5.92 Å². The highest BCUT2D eigenvalue weighted by atomic mass is 32.1. The quantitative estimate of drug-likeness (QED) is 0.882. The lowest BCUT2D eigenvalue weighted by Crippen LogP contribution is -2.38. The van der Waals surface area contributed by atoms with Crippen LogP contribution in [0.1, 0.15) is 42.7 Å². The molecule has 2 aromatic rings. The van der Waals surface area contributed by atoms with Crippen LogP contribution in [-0.4, -0.2) is 12.5 Å². The molecule has 1 aromatic heterocycles. The first kappa shape index (κ1) is 14.3. The van der Waals surface area contributed by atoms with Gasteiger partial charge < -0.3 is 5.32 Å². The van der Waals surface area contributed by atoms with Crippen molar-refractivity contribution in [2.45, 2.75) is 31.6 Å². The van der Waals surface area contributed by atoms with Gasteiger partial charge in [0.15, 0.2) is 0 Å². The highest BCUT2D eigenvalue weighted by Crippen LogP contribution is 2.41. The van der Waals surface area contributed by atoms with Gasteiger partial charge in [0.25, 0.3) is 0 Å². The number of carbonyl (C=O) groups excluding carboxylic acids is 1. The lowest BCUT2D eigenvalue weighted by molar-refractivity contribution is -0.122. The maximum atomic E-state index is 12.2. The summed E-state index contributed by atoms with van der Waals surface area (Å²) in [7, 11) is 0. The molecule has 3 rings (SSSR count). The molecular formula is C18H21NOS. The molecule has 1 aliphatic carbocycles. The fourth-order valence-corrected chi connectivity index (χ4v) is 3.76. The summed E-state index contributed by atoms with van der Waals surface area (Å²) in [5.74, 6) is 1.30. The number of carbonyl (C=O) groups is 1. The van der Waals surface area contributed by atoms with Crippen molar-refractivity contribution in [3.8, 4) is 0 Å². The molecule has 3 unspecified atom stereocenters. The zero-order valence-electron chi connectivity index (χ0n) is 12.3. The molecule has 21 heavy (non-hydrogen) atoms. The third kappa shape index (κ3) is 3.18. The van der Waals surface area contributed by atoms with Crippen molar-refractivity contribution in [3.63, 3.8) is 0 Å². The predicted molar refractivity (Wildman–Crippen MR) is 87.7 cm³/mol. The molecular weight excluding hydrogens is 278 g/mol. The van der Waals surface area contributed by atoms with Crippen LogP contribution in [0.15, 0.2) is 47.2 Å². The predicted octanol–water partition coefficient (Wildman–Crippen LogP) is 4.16. The fraction of sp³-hybridized carbons (Fsp3) is 0.389. The minimum atomic E-state index is -0.0495. The van der Waals surface area contributed by atoms with Gasteiger partial charge in [0.2, 0.25) is 5.91 Å². The van der Waals surface area contributed by atoms with E-state index in [0.29, 0.717) is 11.8 Å². The van der Waals surface area contributed by atoms with Crippen LogP contribution in [0, 0.1) is 5.92 Å². The molecule has 1 heterocycles. The summed E-state index contributed by atoms with van der Waals surface area (Å²) < 4.78 is 0. The zero-order valence-corrected chi connectivity index (χ0v) is 13.1. The second kappa shape index (κ2) is 6.44. The molecule has 1 amide bonds. The average Bonchev–Trinajstić information content (AvgIpc) is 3.00. The van der Waals surface area contributed by atoms with Crippen molar-refractivity contribution in [1.29, 1.82) is 0 Å². The van der Waals surface area contributed by atoms with Crippen molar-refractivity contribution in [2.24, 2.45) is 5.92 Å². The Labute approximate surface area is 130 Å². The Morgan fingerprint density at radius 3 is 2.71 bits per heavy atom. The van der Waals surface area contributed by atoms with E-state index in [0.717, 1.165) is 12.1 Å². The second-order valence-corrected chi connectivity index (χ2v) is 6.66. The summed E-state index contributed by atoms with van der Waals surface area (Å²) in [6.45, 7) is 2.78. The molecule has 0 spiro atoms. The highest BCUT2D eigenvalue weighted by Gasteiger charge is 2.32. The Morgan fingerprint density at radius 1 is 1.29 bits per heavy atom. The Kier molecular flexibility index (Phi) is 4.39. The summed E-state index contributed by atoms with van der Waals surface area (Å²) >= 11 is 1.64. The van der Waals surface area contributed by atoms with Crippen LogP contribution in [0.25, 0.3) is 0 Å². The number of hydrogen-bond acceptors (Lipinski definition) is 2. The molecule has 1 N–H and O–H groups in total. The molecule has 110 valence electrons. The van der Waals surface area contributed by atoms with Crippen LogP contribution in [-0.2, 0) is 4.79 Å². The molecule has 0 radical (unpaired) electrons. The molecule has 1 aromatic carbocycles. The van der Waals surface area contributed by atoms with Crippen molar-refractivity contribution in [1.82, 2.24) is 5.32 Å². The third-order valence-electron chi connectivity index (χ3n) is 4.62. The van der Waals surface area contributed by atoms with Gasteiger partial charge in [-0.3, -0.25) is 4.79 Å². The molecule has 0 aliphatic heterocycles. The smallest absolute Gasteiger partial charge is 0.227 e. The van der Waals surface area contributed by atoms with Crippen molar-refractivity contribution < 1.29 is 4.79 Å². The van der Waals surface area contributed by atoms with E-state index in [9.17, 15) is 4.79 Å². The van der Waals surface area contributed by atoms with E-state index in [1.165, 1.54) is 18.4 Å². The topological polar surface area (TPSA) is 29.1 Å². The van der Waals surface area contributed by atoms with E-state index in [4.69, 9.17) is 0 Å². The van der Waals surface area contributed by atoms with E-state index in [2.05, 4.69) is 41.0 Å². The average molecular weight is 299 g/mol. The first-order valence-electron chi connectivity index (χ1n) is 7.60. The number of rotatable bonds is 5. The lowest BCUT2D eigenvalue weighted by Gasteiger charge is -2.37. The molecule has 1 aliphatic rings. The van der Waals surface area contributed by atoms with Crippen LogP contribution >= 0.6 is 11.3 Å². The normalized spacial score (nSPS) is 22.3. The van der Waals surface area contributed by atoms with E-state index < -0.39 is 0 Å². The van der Waals surface area contributed by atoms with Crippen LogP contribution in [0.4, 0.5) is 0 Å². The summed E-state index contributed by atoms with van der Waals surface area (Å²) in [6.07, 6.45) is 2.46. The van der Waals surface area contributed by atoms with Crippen molar-refractivity contribution in [3.05, 3.63) is 58.3 Å². The van der Waals surface area contributed by atoms with Gasteiger partial charge in [-0.1, -0.05) is 30.3 Å². The molecule has 0 bridgehead atoms. The first-order chi connectivity index (χ1) is 10.3. The molecule has 0 saturated heterocycles.